The number of piperazine rings is 1. The first-order valence-corrected chi connectivity index (χ1v) is 9.35. The number of likely N-dealkylation sites (N-methyl/N-ethyl adjacent to an activating group) is 1. The van der Waals surface area contributed by atoms with Crippen LogP contribution in [0.25, 0.3) is 0 Å². The van der Waals surface area contributed by atoms with Gasteiger partial charge in [0.25, 0.3) is 0 Å². The first kappa shape index (κ1) is 17.0. The average Bonchev–Trinajstić information content (AvgIpc) is 2.81. The first-order chi connectivity index (χ1) is 12.6. The fourth-order valence-corrected chi connectivity index (χ4v) is 3.72. The van der Waals surface area contributed by atoms with E-state index in [9.17, 15) is 0 Å². The Morgan fingerprint density at radius 2 is 1.42 bits per heavy atom. The molecular weight excluding hydrogens is 320 g/mol. The van der Waals surface area contributed by atoms with Gasteiger partial charge < -0.3 is 9.80 Å². The van der Waals surface area contributed by atoms with Crippen LogP contribution in [0.5, 0.6) is 0 Å². The van der Waals surface area contributed by atoms with Gasteiger partial charge in [-0.2, -0.15) is 0 Å². The molecule has 1 fully saturated rings. The lowest BCUT2D eigenvalue weighted by molar-refractivity contribution is 0.214. The third kappa shape index (κ3) is 3.56. The summed E-state index contributed by atoms with van der Waals surface area (Å²) in [6, 6.07) is 14.9. The number of benzene rings is 2. The van der Waals surface area contributed by atoms with Gasteiger partial charge in [0.1, 0.15) is 5.84 Å². The summed E-state index contributed by atoms with van der Waals surface area (Å²) in [4.78, 5) is 14.8. The van der Waals surface area contributed by atoms with Crippen LogP contribution in [0.1, 0.15) is 23.1 Å². The van der Waals surface area contributed by atoms with Gasteiger partial charge in [-0.3, -0.25) is 4.99 Å². The zero-order valence-corrected chi connectivity index (χ0v) is 15.9. The van der Waals surface area contributed by atoms with Crippen LogP contribution < -0.4 is 0 Å². The maximum Gasteiger partial charge on any atom is 0.111 e. The fraction of sp³-hybridized carbons (Fsp3) is 0.364. The summed E-state index contributed by atoms with van der Waals surface area (Å²) < 4.78 is 0. The van der Waals surface area contributed by atoms with Crippen molar-refractivity contribution in [3.63, 3.8) is 0 Å². The minimum absolute atomic E-state index is 0.779. The Kier molecular flexibility index (Phi) is 4.60. The highest BCUT2D eigenvalue weighted by molar-refractivity contribution is 6.14. The Labute approximate surface area is 155 Å². The summed E-state index contributed by atoms with van der Waals surface area (Å²) in [7, 11) is 2.18. The maximum atomic E-state index is 5.02. The second kappa shape index (κ2) is 7.04. The molecule has 2 aromatic rings. The highest BCUT2D eigenvalue weighted by atomic mass is 15.3. The van der Waals surface area contributed by atoms with Gasteiger partial charge in [0, 0.05) is 32.6 Å². The van der Waals surface area contributed by atoms with Crippen molar-refractivity contribution in [2.45, 2.75) is 20.3 Å². The van der Waals surface area contributed by atoms with Gasteiger partial charge in [-0.25, -0.2) is 4.99 Å². The molecule has 0 bridgehead atoms. The third-order valence-electron chi connectivity index (χ3n) is 5.14. The second-order valence-corrected chi connectivity index (χ2v) is 7.42. The van der Waals surface area contributed by atoms with Crippen molar-refractivity contribution in [3.05, 3.63) is 59.2 Å². The summed E-state index contributed by atoms with van der Waals surface area (Å²) in [6.07, 6.45) is 0.779. The van der Waals surface area contributed by atoms with Crippen LogP contribution in [0.4, 0.5) is 11.4 Å². The van der Waals surface area contributed by atoms with E-state index in [4.69, 9.17) is 9.98 Å². The number of aryl methyl sites for hydroxylation is 2. The predicted molar refractivity (Wildman–Crippen MR) is 109 cm³/mol. The van der Waals surface area contributed by atoms with Crippen molar-refractivity contribution in [1.82, 2.24) is 9.80 Å². The lowest BCUT2D eigenvalue weighted by atomic mass is 10.0. The van der Waals surface area contributed by atoms with E-state index in [1.807, 2.05) is 12.1 Å². The zero-order chi connectivity index (χ0) is 18.1. The Balaban J connectivity index is 1.76. The molecular formula is C22H26N4. The molecule has 1 saturated heterocycles. The van der Waals surface area contributed by atoms with Gasteiger partial charge in [0.2, 0.25) is 0 Å². The molecule has 0 unspecified atom stereocenters. The molecule has 0 aliphatic carbocycles. The third-order valence-corrected chi connectivity index (χ3v) is 5.14. The van der Waals surface area contributed by atoms with Crippen LogP contribution in [-0.2, 0) is 0 Å². The Morgan fingerprint density at radius 1 is 0.808 bits per heavy atom. The van der Waals surface area contributed by atoms with Crippen molar-refractivity contribution in [2.75, 3.05) is 33.2 Å². The van der Waals surface area contributed by atoms with Crippen LogP contribution in [-0.4, -0.2) is 54.6 Å². The predicted octanol–water partition coefficient (Wildman–Crippen LogP) is 4.11. The lowest BCUT2D eigenvalue weighted by Gasteiger charge is -2.34. The van der Waals surface area contributed by atoms with E-state index in [0.717, 1.165) is 55.5 Å². The van der Waals surface area contributed by atoms with Gasteiger partial charge in [-0.05, 0) is 38.6 Å². The molecule has 0 atom stereocenters. The molecule has 0 saturated carbocycles. The highest BCUT2D eigenvalue weighted by Crippen LogP contribution is 2.32. The molecule has 0 N–H and O–H groups in total. The minimum Gasteiger partial charge on any atom is -0.357 e. The van der Waals surface area contributed by atoms with Crippen molar-refractivity contribution in [2.24, 2.45) is 9.98 Å². The molecule has 0 radical (unpaired) electrons. The quantitative estimate of drug-likeness (QED) is 0.778. The van der Waals surface area contributed by atoms with Crippen LogP contribution in [0.2, 0.25) is 0 Å². The monoisotopic (exact) mass is 346 g/mol. The fourth-order valence-electron chi connectivity index (χ4n) is 3.72. The largest absolute Gasteiger partial charge is 0.357 e. The summed E-state index contributed by atoms with van der Waals surface area (Å²) in [5.74, 6) is 1.14. The number of amidine groups is 1. The van der Waals surface area contributed by atoms with E-state index in [1.54, 1.807) is 0 Å². The average molecular weight is 346 g/mol. The number of nitrogens with zero attached hydrogens (tertiary/aromatic N) is 4. The van der Waals surface area contributed by atoms with Crippen molar-refractivity contribution >= 4 is 22.9 Å². The number of hydrogen-bond acceptors (Lipinski definition) is 4. The summed E-state index contributed by atoms with van der Waals surface area (Å²) in [6.45, 7) is 8.51. The SMILES string of the molecule is Cc1cc(C)cc(C2=Nc3ccccc3N=C(N3CCN(C)CC3)C2)c1. The van der Waals surface area contributed by atoms with Gasteiger partial charge in [0.05, 0.1) is 17.1 Å². The molecule has 134 valence electrons. The van der Waals surface area contributed by atoms with E-state index in [2.05, 4.69) is 61.0 Å². The molecule has 2 aromatic carbocycles. The first-order valence-electron chi connectivity index (χ1n) is 9.35. The van der Waals surface area contributed by atoms with Gasteiger partial charge in [-0.1, -0.05) is 41.5 Å². The molecule has 2 heterocycles. The van der Waals surface area contributed by atoms with E-state index < -0.39 is 0 Å². The smallest absolute Gasteiger partial charge is 0.111 e. The van der Waals surface area contributed by atoms with Gasteiger partial charge in [0.15, 0.2) is 0 Å². The Hall–Kier alpha value is -2.46. The summed E-state index contributed by atoms with van der Waals surface area (Å²) in [5.41, 5.74) is 6.81. The minimum atomic E-state index is 0.779. The molecule has 26 heavy (non-hydrogen) atoms. The molecule has 0 aromatic heterocycles. The lowest BCUT2D eigenvalue weighted by Crippen LogP contribution is -2.47. The van der Waals surface area contributed by atoms with Crippen molar-refractivity contribution < 1.29 is 0 Å². The molecule has 2 aliphatic rings. The van der Waals surface area contributed by atoms with Crippen molar-refractivity contribution in [1.29, 1.82) is 0 Å². The zero-order valence-electron chi connectivity index (χ0n) is 15.9. The highest BCUT2D eigenvalue weighted by Gasteiger charge is 2.22. The summed E-state index contributed by atoms with van der Waals surface area (Å²) in [5, 5.41) is 0. The van der Waals surface area contributed by atoms with E-state index in [0.29, 0.717) is 0 Å². The van der Waals surface area contributed by atoms with Gasteiger partial charge in [-0.15, -0.1) is 0 Å². The summed E-state index contributed by atoms with van der Waals surface area (Å²) >= 11 is 0. The molecule has 2 aliphatic heterocycles. The van der Waals surface area contributed by atoms with Crippen LogP contribution >= 0.6 is 0 Å². The van der Waals surface area contributed by atoms with Crippen LogP contribution in [0, 0.1) is 13.8 Å². The van der Waals surface area contributed by atoms with E-state index >= 15 is 0 Å². The maximum absolute atomic E-state index is 5.02. The standard InChI is InChI=1S/C22H26N4/c1-16-12-17(2)14-18(13-16)21-15-22(26-10-8-25(3)9-11-26)24-20-7-5-4-6-19(20)23-21/h4-7,12-14H,8-11,15H2,1-3H3. The number of para-hydroxylation sites is 2. The number of fused-ring (bicyclic) bond motifs is 1. The van der Waals surface area contributed by atoms with Gasteiger partial charge >= 0.3 is 0 Å². The van der Waals surface area contributed by atoms with Crippen molar-refractivity contribution in [3.8, 4) is 0 Å². The second-order valence-electron chi connectivity index (χ2n) is 7.42. The topological polar surface area (TPSA) is 31.2 Å². The van der Waals surface area contributed by atoms with E-state index in [-0.39, 0.29) is 0 Å². The van der Waals surface area contributed by atoms with Crippen LogP contribution in [0.3, 0.4) is 0 Å². The number of rotatable bonds is 1. The molecule has 4 nitrogen and oxygen atoms in total. The number of hydrogen-bond donors (Lipinski definition) is 0. The molecule has 0 amide bonds. The Bertz CT molecular complexity index is 853. The Morgan fingerprint density at radius 3 is 2.08 bits per heavy atom. The number of aliphatic imine (C=N–C) groups is 2. The molecule has 4 rings (SSSR count). The normalized spacial score (nSPS) is 18.0. The molecule has 4 heteroatoms. The molecule has 0 spiro atoms. The van der Waals surface area contributed by atoms with E-state index in [1.165, 1.54) is 16.7 Å². The van der Waals surface area contributed by atoms with Crippen LogP contribution in [0.15, 0.2) is 52.4 Å².